The molecular formula is C22H23N3O3S. The molecule has 4 rings (SSSR count). The summed E-state index contributed by atoms with van der Waals surface area (Å²) in [5, 5.41) is 1.11. The van der Waals surface area contributed by atoms with Gasteiger partial charge in [0.05, 0.1) is 16.8 Å². The van der Waals surface area contributed by atoms with E-state index in [-0.39, 0.29) is 18.3 Å². The molecule has 6 nitrogen and oxygen atoms in total. The molecule has 1 fully saturated rings. The van der Waals surface area contributed by atoms with E-state index >= 15 is 0 Å². The maximum atomic E-state index is 12.5. The van der Waals surface area contributed by atoms with Crippen molar-refractivity contribution >= 4 is 33.2 Å². The number of thiazole rings is 1. The summed E-state index contributed by atoms with van der Waals surface area (Å²) < 4.78 is 6.81. The SMILES string of the molecule is CC(=O)c1cccc(OCC(=O)N2CCN(Cc3nc4ccccc4s3)CC2)c1. The van der Waals surface area contributed by atoms with Crippen LogP contribution in [0.15, 0.2) is 48.5 Å². The van der Waals surface area contributed by atoms with Crippen LogP contribution in [0.4, 0.5) is 0 Å². The van der Waals surface area contributed by atoms with Crippen molar-refractivity contribution < 1.29 is 14.3 Å². The van der Waals surface area contributed by atoms with E-state index in [9.17, 15) is 9.59 Å². The van der Waals surface area contributed by atoms with Gasteiger partial charge in [-0.25, -0.2) is 4.98 Å². The third-order valence-corrected chi connectivity index (χ3v) is 6.05. The Bertz CT molecular complexity index is 992. The molecule has 1 saturated heterocycles. The van der Waals surface area contributed by atoms with E-state index in [1.54, 1.807) is 35.6 Å². The van der Waals surface area contributed by atoms with Crippen LogP contribution in [0.5, 0.6) is 5.75 Å². The molecule has 2 aromatic carbocycles. The Balaban J connectivity index is 1.26. The molecule has 7 heteroatoms. The summed E-state index contributed by atoms with van der Waals surface area (Å²) >= 11 is 1.73. The highest BCUT2D eigenvalue weighted by atomic mass is 32.1. The number of hydrogen-bond acceptors (Lipinski definition) is 6. The number of amides is 1. The summed E-state index contributed by atoms with van der Waals surface area (Å²) in [4.78, 5) is 32.8. The van der Waals surface area contributed by atoms with Gasteiger partial charge in [-0.1, -0.05) is 24.3 Å². The van der Waals surface area contributed by atoms with Crippen molar-refractivity contribution in [1.29, 1.82) is 0 Å². The Morgan fingerprint density at radius 2 is 1.86 bits per heavy atom. The quantitative estimate of drug-likeness (QED) is 0.585. The summed E-state index contributed by atoms with van der Waals surface area (Å²) in [6, 6.07) is 15.1. The first-order valence-electron chi connectivity index (χ1n) is 9.67. The number of nitrogens with zero attached hydrogens (tertiary/aromatic N) is 3. The second-order valence-corrected chi connectivity index (χ2v) is 8.22. The summed E-state index contributed by atoms with van der Waals surface area (Å²) in [6.45, 7) is 5.32. The number of ketones is 1. The Morgan fingerprint density at radius 3 is 2.62 bits per heavy atom. The minimum atomic E-state index is -0.0298. The number of hydrogen-bond donors (Lipinski definition) is 0. The molecule has 150 valence electrons. The first-order chi connectivity index (χ1) is 14.1. The van der Waals surface area contributed by atoms with Crippen LogP contribution in [0, 0.1) is 0 Å². The van der Waals surface area contributed by atoms with Crippen molar-refractivity contribution in [2.75, 3.05) is 32.8 Å². The van der Waals surface area contributed by atoms with E-state index in [0.29, 0.717) is 24.4 Å². The maximum absolute atomic E-state index is 12.5. The molecule has 0 radical (unpaired) electrons. The van der Waals surface area contributed by atoms with Gasteiger partial charge >= 0.3 is 0 Å². The first kappa shape index (κ1) is 19.5. The summed E-state index contributed by atoms with van der Waals surface area (Å²) in [7, 11) is 0. The van der Waals surface area contributed by atoms with Gasteiger partial charge in [0.25, 0.3) is 5.91 Å². The van der Waals surface area contributed by atoms with Gasteiger partial charge in [0.1, 0.15) is 10.8 Å². The Morgan fingerprint density at radius 1 is 1.07 bits per heavy atom. The number of benzene rings is 2. The predicted octanol–water partition coefficient (Wildman–Crippen LogP) is 3.22. The van der Waals surface area contributed by atoms with Gasteiger partial charge in [-0.2, -0.15) is 0 Å². The molecule has 0 unspecified atom stereocenters. The monoisotopic (exact) mass is 409 g/mol. The molecular weight excluding hydrogens is 386 g/mol. The van der Waals surface area contributed by atoms with Crippen LogP contribution in [0.2, 0.25) is 0 Å². The fourth-order valence-electron chi connectivity index (χ4n) is 3.38. The zero-order valence-electron chi connectivity index (χ0n) is 16.3. The predicted molar refractivity (Wildman–Crippen MR) is 113 cm³/mol. The smallest absolute Gasteiger partial charge is 0.260 e. The third kappa shape index (κ3) is 4.81. The molecule has 0 saturated carbocycles. The van der Waals surface area contributed by atoms with Crippen LogP contribution in [-0.2, 0) is 11.3 Å². The summed E-state index contributed by atoms with van der Waals surface area (Å²) in [5.41, 5.74) is 1.63. The van der Waals surface area contributed by atoms with Crippen molar-refractivity contribution in [3.05, 3.63) is 59.1 Å². The van der Waals surface area contributed by atoms with Crippen molar-refractivity contribution in [1.82, 2.24) is 14.8 Å². The maximum Gasteiger partial charge on any atom is 0.260 e. The molecule has 29 heavy (non-hydrogen) atoms. The number of rotatable bonds is 6. The van der Waals surface area contributed by atoms with Gasteiger partial charge in [-0.3, -0.25) is 14.5 Å². The second kappa shape index (κ2) is 8.71. The number of Topliss-reactive ketones (excluding diaryl/α,β-unsaturated/α-hetero) is 1. The average molecular weight is 410 g/mol. The minimum Gasteiger partial charge on any atom is -0.484 e. The van der Waals surface area contributed by atoms with E-state index in [0.717, 1.165) is 30.2 Å². The normalized spacial score (nSPS) is 14.9. The molecule has 2 heterocycles. The van der Waals surface area contributed by atoms with Crippen LogP contribution in [0.3, 0.4) is 0 Å². The molecule has 1 aliphatic rings. The lowest BCUT2D eigenvalue weighted by Gasteiger charge is -2.34. The highest BCUT2D eigenvalue weighted by molar-refractivity contribution is 7.18. The number of fused-ring (bicyclic) bond motifs is 1. The van der Waals surface area contributed by atoms with E-state index in [2.05, 4.69) is 11.0 Å². The number of para-hydroxylation sites is 1. The average Bonchev–Trinajstić information content (AvgIpc) is 3.15. The van der Waals surface area contributed by atoms with Crippen LogP contribution >= 0.6 is 11.3 Å². The number of carbonyl (C=O) groups is 2. The highest BCUT2D eigenvalue weighted by Gasteiger charge is 2.22. The van der Waals surface area contributed by atoms with E-state index in [1.165, 1.54) is 11.6 Å². The van der Waals surface area contributed by atoms with Crippen molar-refractivity contribution in [2.45, 2.75) is 13.5 Å². The van der Waals surface area contributed by atoms with E-state index in [4.69, 9.17) is 9.72 Å². The lowest BCUT2D eigenvalue weighted by Crippen LogP contribution is -2.49. The molecule has 0 aliphatic carbocycles. The van der Waals surface area contributed by atoms with Crippen LogP contribution < -0.4 is 4.74 Å². The van der Waals surface area contributed by atoms with Crippen LogP contribution in [0.1, 0.15) is 22.3 Å². The summed E-state index contributed by atoms with van der Waals surface area (Å²) in [5.74, 6) is 0.490. The topological polar surface area (TPSA) is 62.7 Å². The van der Waals surface area contributed by atoms with Crippen LogP contribution in [-0.4, -0.2) is 59.3 Å². The van der Waals surface area contributed by atoms with Crippen molar-refractivity contribution in [3.8, 4) is 5.75 Å². The number of ether oxygens (including phenoxy) is 1. The lowest BCUT2D eigenvalue weighted by molar-refractivity contribution is -0.135. The minimum absolute atomic E-state index is 0.0147. The van der Waals surface area contributed by atoms with Crippen molar-refractivity contribution in [3.63, 3.8) is 0 Å². The van der Waals surface area contributed by atoms with E-state index in [1.807, 2.05) is 23.1 Å². The second-order valence-electron chi connectivity index (χ2n) is 7.10. The third-order valence-electron chi connectivity index (χ3n) is 5.02. The zero-order valence-corrected chi connectivity index (χ0v) is 17.2. The van der Waals surface area contributed by atoms with E-state index < -0.39 is 0 Å². The Labute approximate surface area is 173 Å². The molecule has 1 aromatic heterocycles. The Kier molecular flexibility index (Phi) is 5.87. The highest BCUT2D eigenvalue weighted by Crippen LogP contribution is 2.23. The standard InChI is InChI=1S/C22H23N3O3S/c1-16(26)17-5-4-6-18(13-17)28-15-22(27)25-11-9-24(10-12-25)14-21-23-19-7-2-3-8-20(19)29-21/h2-8,13H,9-12,14-15H2,1H3. The largest absolute Gasteiger partial charge is 0.484 e. The zero-order chi connectivity index (χ0) is 20.2. The molecule has 0 N–H and O–H groups in total. The molecule has 1 aliphatic heterocycles. The molecule has 1 amide bonds. The number of aromatic nitrogens is 1. The van der Waals surface area contributed by atoms with Gasteiger partial charge < -0.3 is 9.64 Å². The van der Waals surface area contributed by atoms with Gasteiger partial charge in [-0.05, 0) is 31.2 Å². The Hall–Kier alpha value is -2.77. The molecule has 0 spiro atoms. The molecule has 0 bridgehead atoms. The first-order valence-corrected chi connectivity index (χ1v) is 10.5. The van der Waals surface area contributed by atoms with Crippen molar-refractivity contribution in [2.24, 2.45) is 0 Å². The lowest BCUT2D eigenvalue weighted by atomic mass is 10.1. The van der Waals surface area contributed by atoms with Gasteiger partial charge in [0, 0.05) is 31.7 Å². The number of carbonyl (C=O) groups excluding carboxylic acids is 2. The van der Waals surface area contributed by atoms with Gasteiger partial charge in [-0.15, -0.1) is 11.3 Å². The van der Waals surface area contributed by atoms with Gasteiger partial charge in [0.15, 0.2) is 12.4 Å². The fraction of sp³-hybridized carbons (Fsp3) is 0.318. The number of piperazine rings is 1. The van der Waals surface area contributed by atoms with Gasteiger partial charge in [0.2, 0.25) is 0 Å². The molecule has 3 aromatic rings. The van der Waals surface area contributed by atoms with Crippen LogP contribution in [0.25, 0.3) is 10.2 Å². The molecule has 0 atom stereocenters. The fourth-order valence-corrected chi connectivity index (χ4v) is 4.39. The summed E-state index contributed by atoms with van der Waals surface area (Å²) in [6.07, 6.45) is 0.